The molecule has 0 saturated heterocycles. The molecule has 114 valence electrons. The SMILES string of the molecule is CCNC(c1ccc(OC)c(F)c1)C(C)(CC)N(C)C. The molecule has 0 aromatic heterocycles. The summed E-state index contributed by atoms with van der Waals surface area (Å²) in [4.78, 5) is 2.20. The van der Waals surface area contributed by atoms with Crippen LogP contribution in [0.2, 0.25) is 0 Å². The molecule has 1 aromatic carbocycles. The fourth-order valence-corrected chi connectivity index (χ4v) is 2.54. The van der Waals surface area contributed by atoms with Crippen molar-refractivity contribution in [2.75, 3.05) is 27.7 Å². The Labute approximate surface area is 122 Å². The van der Waals surface area contributed by atoms with E-state index in [1.165, 1.54) is 7.11 Å². The van der Waals surface area contributed by atoms with E-state index in [1.54, 1.807) is 12.1 Å². The first-order valence-electron chi connectivity index (χ1n) is 7.14. The van der Waals surface area contributed by atoms with Crippen molar-refractivity contribution in [2.45, 2.75) is 38.8 Å². The Morgan fingerprint density at radius 1 is 1.35 bits per heavy atom. The van der Waals surface area contributed by atoms with Crippen molar-refractivity contribution in [3.8, 4) is 5.75 Å². The molecule has 1 aromatic rings. The van der Waals surface area contributed by atoms with Gasteiger partial charge in [0, 0.05) is 5.54 Å². The van der Waals surface area contributed by atoms with E-state index in [-0.39, 0.29) is 23.1 Å². The highest BCUT2D eigenvalue weighted by Crippen LogP contribution is 2.34. The number of nitrogens with one attached hydrogen (secondary N) is 1. The normalized spacial score (nSPS) is 16.0. The second-order valence-corrected chi connectivity index (χ2v) is 5.49. The van der Waals surface area contributed by atoms with Gasteiger partial charge in [-0.3, -0.25) is 0 Å². The maximum absolute atomic E-state index is 14.0. The van der Waals surface area contributed by atoms with Crippen molar-refractivity contribution in [2.24, 2.45) is 0 Å². The molecule has 0 aliphatic carbocycles. The van der Waals surface area contributed by atoms with Crippen LogP contribution in [0.1, 0.15) is 38.8 Å². The molecule has 2 unspecified atom stereocenters. The van der Waals surface area contributed by atoms with Crippen molar-refractivity contribution in [3.05, 3.63) is 29.6 Å². The first-order chi connectivity index (χ1) is 9.40. The lowest BCUT2D eigenvalue weighted by molar-refractivity contribution is 0.113. The summed E-state index contributed by atoms with van der Waals surface area (Å²) in [6, 6.07) is 5.27. The predicted octanol–water partition coefficient (Wildman–Crippen LogP) is 3.22. The van der Waals surface area contributed by atoms with Gasteiger partial charge in [0.2, 0.25) is 0 Å². The fourth-order valence-electron chi connectivity index (χ4n) is 2.54. The molecule has 0 saturated carbocycles. The van der Waals surface area contributed by atoms with Crippen LogP contribution in [0, 0.1) is 5.82 Å². The molecule has 0 fully saturated rings. The summed E-state index contributed by atoms with van der Waals surface area (Å²) in [6.45, 7) is 7.26. The summed E-state index contributed by atoms with van der Waals surface area (Å²) in [5.74, 6) is -0.0304. The minimum Gasteiger partial charge on any atom is -0.494 e. The first-order valence-corrected chi connectivity index (χ1v) is 7.14. The van der Waals surface area contributed by atoms with Gasteiger partial charge < -0.3 is 15.0 Å². The second-order valence-electron chi connectivity index (χ2n) is 5.49. The number of nitrogens with zero attached hydrogens (tertiary/aromatic N) is 1. The Balaban J connectivity index is 3.23. The zero-order chi connectivity index (χ0) is 15.3. The number of rotatable bonds is 7. The molecule has 4 heteroatoms. The maximum atomic E-state index is 14.0. The largest absolute Gasteiger partial charge is 0.494 e. The van der Waals surface area contributed by atoms with Crippen molar-refractivity contribution < 1.29 is 9.13 Å². The molecule has 3 nitrogen and oxygen atoms in total. The summed E-state index contributed by atoms with van der Waals surface area (Å²) in [6.07, 6.45) is 0.964. The quantitative estimate of drug-likeness (QED) is 0.831. The van der Waals surface area contributed by atoms with Gasteiger partial charge in [-0.2, -0.15) is 0 Å². The highest BCUT2D eigenvalue weighted by atomic mass is 19.1. The van der Waals surface area contributed by atoms with E-state index in [0.717, 1.165) is 18.5 Å². The third-order valence-corrected chi connectivity index (χ3v) is 4.28. The average Bonchev–Trinajstić information content (AvgIpc) is 2.43. The number of benzene rings is 1. The summed E-state index contributed by atoms with van der Waals surface area (Å²) in [5.41, 5.74) is 0.861. The smallest absolute Gasteiger partial charge is 0.165 e. The topological polar surface area (TPSA) is 24.5 Å². The molecular formula is C16H27FN2O. The third kappa shape index (κ3) is 3.30. The van der Waals surface area contributed by atoms with Crippen LogP contribution in [0.5, 0.6) is 5.75 Å². The number of likely N-dealkylation sites (N-methyl/N-ethyl adjacent to an activating group) is 2. The lowest BCUT2D eigenvalue weighted by Crippen LogP contribution is -2.51. The predicted molar refractivity (Wildman–Crippen MR) is 81.8 cm³/mol. The zero-order valence-corrected chi connectivity index (χ0v) is 13.5. The molecule has 2 atom stereocenters. The zero-order valence-electron chi connectivity index (χ0n) is 13.5. The second kappa shape index (κ2) is 7.04. The molecule has 0 amide bonds. The van der Waals surface area contributed by atoms with Gasteiger partial charge in [0.1, 0.15) is 0 Å². The van der Waals surface area contributed by atoms with Crippen LogP contribution in [-0.4, -0.2) is 38.2 Å². The molecule has 0 heterocycles. The lowest BCUT2D eigenvalue weighted by atomic mass is 9.83. The fraction of sp³-hybridized carbons (Fsp3) is 0.625. The molecule has 1 rings (SSSR count). The van der Waals surface area contributed by atoms with Gasteiger partial charge in [-0.1, -0.05) is 19.9 Å². The van der Waals surface area contributed by atoms with Gasteiger partial charge in [0.25, 0.3) is 0 Å². The number of halogens is 1. The number of methoxy groups -OCH3 is 1. The Kier molecular flexibility index (Phi) is 5.96. The Hall–Kier alpha value is -1.13. The number of hydrogen-bond acceptors (Lipinski definition) is 3. The molecular weight excluding hydrogens is 255 g/mol. The van der Waals surface area contributed by atoms with E-state index >= 15 is 0 Å². The summed E-state index contributed by atoms with van der Waals surface area (Å²) in [7, 11) is 5.61. The van der Waals surface area contributed by atoms with Gasteiger partial charge in [-0.25, -0.2) is 4.39 Å². The molecule has 1 N–H and O–H groups in total. The summed E-state index contributed by atoms with van der Waals surface area (Å²) >= 11 is 0. The number of ether oxygens (including phenoxy) is 1. The first kappa shape index (κ1) is 16.9. The van der Waals surface area contributed by atoms with Gasteiger partial charge in [0.15, 0.2) is 11.6 Å². The van der Waals surface area contributed by atoms with E-state index in [0.29, 0.717) is 0 Å². The Bertz CT molecular complexity index is 436. The van der Waals surface area contributed by atoms with Crippen LogP contribution < -0.4 is 10.1 Å². The van der Waals surface area contributed by atoms with Crippen LogP contribution in [-0.2, 0) is 0 Å². The van der Waals surface area contributed by atoms with Gasteiger partial charge >= 0.3 is 0 Å². The maximum Gasteiger partial charge on any atom is 0.165 e. The van der Waals surface area contributed by atoms with Crippen LogP contribution in [0.3, 0.4) is 0 Å². The van der Waals surface area contributed by atoms with E-state index in [9.17, 15) is 4.39 Å². The summed E-state index contributed by atoms with van der Waals surface area (Å²) < 4.78 is 19.0. The van der Waals surface area contributed by atoms with Crippen LogP contribution >= 0.6 is 0 Å². The highest BCUT2D eigenvalue weighted by molar-refractivity contribution is 5.32. The molecule has 0 aliphatic rings. The van der Waals surface area contributed by atoms with Gasteiger partial charge in [-0.05, 0) is 51.7 Å². The van der Waals surface area contributed by atoms with Crippen molar-refractivity contribution in [1.29, 1.82) is 0 Å². The van der Waals surface area contributed by atoms with Crippen molar-refractivity contribution in [1.82, 2.24) is 10.2 Å². The standard InChI is InChI=1S/C16H27FN2O/c1-7-16(3,19(4)5)15(18-8-2)12-9-10-14(20-6)13(17)11-12/h9-11,15,18H,7-8H2,1-6H3. The minimum absolute atomic E-state index is 0.0629. The van der Waals surface area contributed by atoms with E-state index < -0.39 is 0 Å². The van der Waals surface area contributed by atoms with Crippen LogP contribution in [0.4, 0.5) is 4.39 Å². The van der Waals surface area contributed by atoms with Gasteiger partial charge in [0.05, 0.1) is 13.2 Å². The Morgan fingerprint density at radius 3 is 2.40 bits per heavy atom. The molecule has 0 bridgehead atoms. The van der Waals surface area contributed by atoms with Crippen LogP contribution in [0.25, 0.3) is 0 Å². The van der Waals surface area contributed by atoms with E-state index in [4.69, 9.17) is 4.74 Å². The molecule has 20 heavy (non-hydrogen) atoms. The van der Waals surface area contributed by atoms with Crippen molar-refractivity contribution in [3.63, 3.8) is 0 Å². The monoisotopic (exact) mass is 282 g/mol. The van der Waals surface area contributed by atoms with E-state index in [1.807, 2.05) is 6.07 Å². The summed E-state index contributed by atoms with van der Waals surface area (Å²) in [5, 5.41) is 3.49. The van der Waals surface area contributed by atoms with E-state index in [2.05, 4.69) is 45.1 Å². The third-order valence-electron chi connectivity index (χ3n) is 4.28. The molecule has 0 aliphatic heterocycles. The van der Waals surface area contributed by atoms with Crippen molar-refractivity contribution >= 4 is 0 Å². The lowest BCUT2D eigenvalue weighted by Gasteiger charge is -2.43. The highest BCUT2D eigenvalue weighted by Gasteiger charge is 2.35. The number of hydrogen-bond donors (Lipinski definition) is 1. The van der Waals surface area contributed by atoms with Gasteiger partial charge in [-0.15, -0.1) is 0 Å². The average molecular weight is 282 g/mol. The Morgan fingerprint density at radius 2 is 2.00 bits per heavy atom. The minimum atomic E-state index is -0.315. The molecule has 0 spiro atoms. The van der Waals surface area contributed by atoms with Crippen LogP contribution in [0.15, 0.2) is 18.2 Å². The molecule has 0 radical (unpaired) electrons.